The minimum Gasteiger partial charge on any atom is -0.314 e. The molecule has 96 valence electrons. The molecule has 1 aromatic carbocycles. The van der Waals surface area contributed by atoms with Crippen molar-refractivity contribution >= 4 is 23.4 Å². The summed E-state index contributed by atoms with van der Waals surface area (Å²) in [5.41, 5.74) is 0. The van der Waals surface area contributed by atoms with Crippen LogP contribution in [0.1, 0.15) is 33.6 Å². The smallest absolute Gasteiger partial charge is 0.0417 e. The van der Waals surface area contributed by atoms with Crippen LogP contribution in [0, 0.1) is 0 Å². The van der Waals surface area contributed by atoms with Crippen molar-refractivity contribution in [3.8, 4) is 0 Å². The van der Waals surface area contributed by atoms with Gasteiger partial charge in [0, 0.05) is 21.2 Å². The third-order valence-corrected chi connectivity index (χ3v) is 3.92. The quantitative estimate of drug-likeness (QED) is 0.728. The summed E-state index contributed by atoms with van der Waals surface area (Å²) >= 11 is 7.87. The molecule has 1 aromatic rings. The second-order valence-corrected chi connectivity index (χ2v) is 6.42. The summed E-state index contributed by atoms with van der Waals surface area (Å²) in [6.45, 7) is 7.83. The van der Waals surface area contributed by atoms with Crippen LogP contribution in [0.4, 0.5) is 0 Å². The summed E-state index contributed by atoms with van der Waals surface area (Å²) in [6, 6.07) is 8.67. The van der Waals surface area contributed by atoms with Crippen molar-refractivity contribution in [2.75, 3.05) is 6.54 Å². The Morgan fingerprint density at radius 1 is 1.35 bits per heavy atom. The fraction of sp³-hybridized carbons (Fsp3) is 0.571. The van der Waals surface area contributed by atoms with Crippen LogP contribution in [0.15, 0.2) is 29.2 Å². The molecule has 0 saturated heterocycles. The number of rotatable bonds is 7. The highest BCUT2D eigenvalue weighted by molar-refractivity contribution is 7.99. The molecule has 3 heteroatoms. The first-order valence-electron chi connectivity index (χ1n) is 6.27. The summed E-state index contributed by atoms with van der Waals surface area (Å²) < 4.78 is 0. The van der Waals surface area contributed by atoms with Gasteiger partial charge in [0.05, 0.1) is 0 Å². The van der Waals surface area contributed by atoms with Crippen LogP contribution < -0.4 is 5.32 Å². The van der Waals surface area contributed by atoms with E-state index in [2.05, 4.69) is 32.2 Å². The second-order valence-electron chi connectivity index (χ2n) is 4.48. The van der Waals surface area contributed by atoms with Crippen molar-refractivity contribution < 1.29 is 0 Å². The number of hydrogen-bond acceptors (Lipinski definition) is 2. The van der Waals surface area contributed by atoms with E-state index in [0.717, 1.165) is 11.6 Å². The maximum atomic E-state index is 5.98. The van der Waals surface area contributed by atoms with E-state index in [1.54, 1.807) is 0 Å². The Morgan fingerprint density at radius 3 is 2.76 bits per heavy atom. The van der Waals surface area contributed by atoms with Gasteiger partial charge >= 0.3 is 0 Å². The zero-order valence-electron chi connectivity index (χ0n) is 10.9. The van der Waals surface area contributed by atoms with Crippen molar-refractivity contribution in [2.24, 2.45) is 0 Å². The van der Waals surface area contributed by atoms with Gasteiger partial charge in [-0.25, -0.2) is 0 Å². The van der Waals surface area contributed by atoms with Gasteiger partial charge in [-0.15, -0.1) is 11.8 Å². The number of nitrogens with one attached hydrogen (secondary N) is 1. The van der Waals surface area contributed by atoms with Crippen molar-refractivity contribution in [3.63, 3.8) is 0 Å². The molecule has 2 unspecified atom stereocenters. The Kier molecular flexibility index (Phi) is 7.02. The fourth-order valence-electron chi connectivity index (χ4n) is 1.79. The Balaban J connectivity index is 2.36. The van der Waals surface area contributed by atoms with Crippen LogP contribution in [-0.2, 0) is 0 Å². The summed E-state index contributed by atoms with van der Waals surface area (Å²) in [4.78, 5) is 1.26. The molecule has 0 bridgehead atoms. The Bertz CT molecular complexity index is 330. The molecular weight excluding hydrogens is 250 g/mol. The number of thioether (sulfide) groups is 1. The molecule has 0 radical (unpaired) electrons. The summed E-state index contributed by atoms with van der Waals surface area (Å²) in [7, 11) is 0. The van der Waals surface area contributed by atoms with Gasteiger partial charge in [-0.2, -0.15) is 0 Å². The normalized spacial score (nSPS) is 14.6. The molecule has 1 rings (SSSR count). The highest BCUT2D eigenvalue weighted by Gasteiger charge is 2.09. The minimum atomic E-state index is 0.580. The number of benzene rings is 1. The minimum absolute atomic E-state index is 0.580. The maximum absolute atomic E-state index is 5.98. The van der Waals surface area contributed by atoms with Gasteiger partial charge in [0.2, 0.25) is 0 Å². The van der Waals surface area contributed by atoms with Gasteiger partial charge in [0.25, 0.3) is 0 Å². The van der Waals surface area contributed by atoms with Gasteiger partial charge in [-0.05, 0) is 44.5 Å². The first-order chi connectivity index (χ1) is 8.11. The standard InChI is InChI=1S/C14H22ClNS/c1-4-8-16-11(2)9-12(3)17-14-7-5-6-13(15)10-14/h5-7,10-12,16H,4,8-9H2,1-3H3. The molecule has 0 aliphatic rings. The Morgan fingerprint density at radius 2 is 2.12 bits per heavy atom. The van der Waals surface area contributed by atoms with Crippen LogP contribution in [0.2, 0.25) is 5.02 Å². The van der Waals surface area contributed by atoms with Crippen molar-refractivity contribution in [2.45, 2.75) is 49.8 Å². The van der Waals surface area contributed by atoms with E-state index < -0.39 is 0 Å². The first-order valence-corrected chi connectivity index (χ1v) is 7.53. The molecule has 0 fully saturated rings. The molecule has 0 saturated carbocycles. The van der Waals surface area contributed by atoms with Crippen LogP contribution in [0.25, 0.3) is 0 Å². The zero-order valence-corrected chi connectivity index (χ0v) is 12.4. The van der Waals surface area contributed by atoms with Gasteiger partial charge in [0.1, 0.15) is 0 Å². The average molecular weight is 272 g/mol. The molecule has 0 spiro atoms. The first kappa shape index (κ1) is 14.9. The maximum Gasteiger partial charge on any atom is 0.0417 e. The van der Waals surface area contributed by atoms with Crippen molar-refractivity contribution in [1.82, 2.24) is 5.32 Å². The number of halogens is 1. The van der Waals surface area contributed by atoms with Crippen LogP contribution in [0.3, 0.4) is 0 Å². The summed E-state index contributed by atoms with van der Waals surface area (Å²) in [5.74, 6) is 0. The third kappa shape index (κ3) is 6.35. The summed E-state index contributed by atoms with van der Waals surface area (Å²) in [5, 5.41) is 4.94. The van der Waals surface area contributed by atoms with E-state index in [-0.39, 0.29) is 0 Å². The summed E-state index contributed by atoms with van der Waals surface area (Å²) in [6.07, 6.45) is 2.37. The van der Waals surface area contributed by atoms with Gasteiger partial charge in [0.15, 0.2) is 0 Å². The molecule has 17 heavy (non-hydrogen) atoms. The molecule has 0 aliphatic heterocycles. The predicted octanol–water partition coefficient (Wildman–Crippen LogP) is 4.60. The molecule has 0 aromatic heterocycles. The van der Waals surface area contributed by atoms with E-state index in [4.69, 9.17) is 11.6 Å². The lowest BCUT2D eigenvalue weighted by atomic mass is 10.2. The van der Waals surface area contributed by atoms with Crippen LogP contribution in [-0.4, -0.2) is 17.8 Å². The van der Waals surface area contributed by atoms with E-state index in [0.29, 0.717) is 11.3 Å². The van der Waals surface area contributed by atoms with Crippen LogP contribution in [0.5, 0.6) is 0 Å². The second kappa shape index (κ2) is 8.02. The lowest BCUT2D eigenvalue weighted by molar-refractivity contribution is 0.513. The molecule has 0 aliphatic carbocycles. The van der Waals surface area contributed by atoms with Gasteiger partial charge in [-0.3, -0.25) is 0 Å². The topological polar surface area (TPSA) is 12.0 Å². The fourth-order valence-corrected chi connectivity index (χ4v) is 3.25. The molecular formula is C14H22ClNS. The van der Waals surface area contributed by atoms with Crippen LogP contribution >= 0.6 is 23.4 Å². The highest BCUT2D eigenvalue weighted by Crippen LogP contribution is 2.27. The monoisotopic (exact) mass is 271 g/mol. The molecule has 1 N–H and O–H groups in total. The molecule has 0 heterocycles. The molecule has 0 amide bonds. The van der Waals surface area contributed by atoms with Crippen molar-refractivity contribution in [1.29, 1.82) is 0 Å². The third-order valence-electron chi connectivity index (χ3n) is 2.56. The van der Waals surface area contributed by atoms with Gasteiger partial charge < -0.3 is 5.32 Å². The Labute approximate surface area is 114 Å². The predicted molar refractivity (Wildman–Crippen MR) is 79.1 cm³/mol. The highest BCUT2D eigenvalue weighted by atomic mass is 35.5. The van der Waals surface area contributed by atoms with Gasteiger partial charge in [-0.1, -0.05) is 31.5 Å². The molecule has 2 atom stereocenters. The average Bonchev–Trinajstić information content (AvgIpc) is 2.26. The van der Waals surface area contributed by atoms with E-state index in [1.165, 1.54) is 17.7 Å². The van der Waals surface area contributed by atoms with E-state index in [1.807, 2.05) is 30.0 Å². The van der Waals surface area contributed by atoms with E-state index >= 15 is 0 Å². The number of hydrogen-bond donors (Lipinski definition) is 1. The van der Waals surface area contributed by atoms with Crippen molar-refractivity contribution in [3.05, 3.63) is 29.3 Å². The zero-order chi connectivity index (χ0) is 12.7. The van der Waals surface area contributed by atoms with E-state index in [9.17, 15) is 0 Å². The lowest BCUT2D eigenvalue weighted by Gasteiger charge is -2.18. The lowest BCUT2D eigenvalue weighted by Crippen LogP contribution is -2.29. The molecule has 1 nitrogen and oxygen atoms in total. The Hall–Kier alpha value is -0.180. The largest absolute Gasteiger partial charge is 0.314 e. The SMILES string of the molecule is CCCNC(C)CC(C)Sc1cccc(Cl)c1.